The van der Waals surface area contributed by atoms with Gasteiger partial charge in [-0.25, -0.2) is 0 Å². The van der Waals surface area contributed by atoms with Gasteiger partial charge in [-0.15, -0.1) is 5.10 Å². The van der Waals surface area contributed by atoms with Crippen molar-refractivity contribution in [2.75, 3.05) is 6.54 Å². The Balaban J connectivity index is 2.16. The van der Waals surface area contributed by atoms with E-state index in [0.717, 1.165) is 24.5 Å². The fourth-order valence-corrected chi connectivity index (χ4v) is 2.60. The van der Waals surface area contributed by atoms with Crippen LogP contribution in [0.15, 0.2) is 0 Å². The van der Waals surface area contributed by atoms with Gasteiger partial charge in [0.1, 0.15) is 15.6 Å². The monoisotopic (exact) mass is 261 g/mol. The van der Waals surface area contributed by atoms with Gasteiger partial charge in [0.05, 0.1) is 0 Å². The molecular weight excluding hydrogens is 250 g/mol. The van der Waals surface area contributed by atoms with Crippen LogP contribution in [0.1, 0.15) is 25.5 Å². The lowest BCUT2D eigenvalue weighted by Crippen LogP contribution is -2.47. The van der Waals surface area contributed by atoms with Crippen molar-refractivity contribution in [2.24, 2.45) is 0 Å². The van der Waals surface area contributed by atoms with Crippen LogP contribution in [-0.2, 0) is 11.3 Å². The Labute approximate surface area is 102 Å². The molecule has 1 unspecified atom stereocenters. The average Bonchev–Trinajstić information content (AvgIpc) is 2.77. The van der Waals surface area contributed by atoms with Crippen LogP contribution in [-0.4, -0.2) is 37.6 Å². The van der Waals surface area contributed by atoms with Crippen LogP contribution < -0.4 is 0 Å². The molecule has 1 saturated heterocycles. The van der Waals surface area contributed by atoms with Crippen LogP contribution in [0.25, 0.3) is 0 Å². The molecule has 2 rings (SSSR count). The maximum Gasteiger partial charge on any atom is 0.323 e. The van der Waals surface area contributed by atoms with E-state index in [0.29, 0.717) is 23.0 Å². The average molecular weight is 262 g/mol. The summed E-state index contributed by atoms with van der Waals surface area (Å²) < 4.78 is 4.28. The zero-order valence-electron chi connectivity index (χ0n) is 8.81. The third-order valence-electron chi connectivity index (χ3n) is 3.10. The SMILES string of the molecule is CC1(C(=O)O)CCCN1Cc1nnsc1Cl. The zero-order valence-corrected chi connectivity index (χ0v) is 10.4. The molecule has 0 aliphatic carbocycles. The Kier molecular flexibility index (Phi) is 3.14. The van der Waals surface area contributed by atoms with Gasteiger partial charge < -0.3 is 5.11 Å². The van der Waals surface area contributed by atoms with E-state index in [9.17, 15) is 9.90 Å². The van der Waals surface area contributed by atoms with Crippen LogP contribution in [0.3, 0.4) is 0 Å². The molecule has 1 aromatic rings. The predicted octanol–water partition coefficient (Wildman–Crippen LogP) is 1.63. The lowest BCUT2D eigenvalue weighted by Gasteiger charge is -2.30. The van der Waals surface area contributed by atoms with E-state index in [-0.39, 0.29) is 0 Å². The van der Waals surface area contributed by atoms with Crippen molar-refractivity contribution in [3.8, 4) is 0 Å². The minimum atomic E-state index is -0.799. The van der Waals surface area contributed by atoms with Crippen molar-refractivity contribution in [1.82, 2.24) is 14.5 Å². The fourth-order valence-electron chi connectivity index (χ4n) is 1.99. The molecule has 1 N–H and O–H groups in total. The molecule has 0 aromatic carbocycles. The molecule has 88 valence electrons. The van der Waals surface area contributed by atoms with Crippen molar-refractivity contribution in [3.05, 3.63) is 10.0 Å². The molecule has 1 aromatic heterocycles. The Hall–Kier alpha value is -0.720. The number of hydrogen-bond acceptors (Lipinski definition) is 5. The third kappa shape index (κ3) is 1.92. The summed E-state index contributed by atoms with van der Waals surface area (Å²) in [4.78, 5) is 13.1. The Morgan fingerprint density at radius 1 is 1.75 bits per heavy atom. The normalized spacial score (nSPS) is 26.1. The number of aliphatic carboxylic acids is 1. The van der Waals surface area contributed by atoms with E-state index in [2.05, 4.69) is 9.59 Å². The van der Waals surface area contributed by atoms with Crippen LogP contribution in [0.5, 0.6) is 0 Å². The van der Waals surface area contributed by atoms with Gasteiger partial charge in [-0.1, -0.05) is 16.1 Å². The number of halogens is 1. The second-order valence-electron chi connectivity index (χ2n) is 4.10. The van der Waals surface area contributed by atoms with E-state index in [1.165, 1.54) is 0 Å². The van der Waals surface area contributed by atoms with E-state index in [1.807, 2.05) is 4.90 Å². The van der Waals surface area contributed by atoms with Crippen LogP contribution >= 0.6 is 23.1 Å². The molecular formula is C9H12ClN3O2S. The maximum absolute atomic E-state index is 11.2. The second-order valence-corrected chi connectivity index (χ2v) is 5.45. The first kappa shape index (κ1) is 11.8. The minimum Gasteiger partial charge on any atom is -0.480 e. The first-order chi connectivity index (χ1) is 7.54. The number of aromatic nitrogens is 2. The molecule has 1 aliphatic rings. The highest BCUT2D eigenvalue weighted by Gasteiger charge is 2.43. The van der Waals surface area contributed by atoms with Gasteiger partial charge in [-0.3, -0.25) is 9.69 Å². The number of carbonyl (C=O) groups is 1. The van der Waals surface area contributed by atoms with Gasteiger partial charge in [0.25, 0.3) is 0 Å². The van der Waals surface area contributed by atoms with Crippen molar-refractivity contribution in [1.29, 1.82) is 0 Å². The third-order valence-corrected chi connectivity index (χ3v) is 4.08. The molecule has 1 atom stereocenters. The number of nitrogens with zero attached hydrogens (tertiary/aromatic N) is 3. The van der Waals surface area contributed by atoms with Crippen molar-refractivity contribution in [3.63, 3.8) is 0 Å². The molecule has 0 bridgehead atoms. The van der Waals surface area contributed by atoms with Gasteiger partial charge in [0.15, 0.2) is 0 Å². The first-order valence-electron chi connectivity index (χ1n) is 4.99. The maximum atomic E-state index is 11.2. The molecule has 0 spiro atoms. The minimum absolute atomic E-state index is 0.456. The zero-order chi connectivity index (χ0) is 11.8. The number of rotatable bonds is 3. The summed E-state index contributed by atoms with van der Waals surface area (Å²) in [5.41, 5.74) is -0.131. The van der Waals surface area contributed by atoms with Gasteiger partial charge in [-0.2, -0.15) is 0 Å². The lowest BCUT2D eigenvalue weighted by atomic mass is 9.99. The fraction of sp³-hybridized carbons (Fsp3) is 0.667. The standard InChI is InChI=1S/C9H12ClN3O2S/c1-9(8(14)15)3-2-4-13(9)5-6-7(10)16-12-11-6/h2-5H2,1H3,(H,14,15). The van der Waals surface area contributed by atoms with Crippen LogP contribution in [0.2, 0.25) is 4.34 Å². The van der Waals surface area contributed by atoms with Crippen LogP contribution in [0, 0.1) is 0 Å². The predicted molar refractivity (Wildman–Crippen MR) is 60.6 cm³/mol. The van der Waals surface area contributed by atoms with E-state index >= 15 is 0 Å². The molecule has 2 heterocycles. The second kappa shape index (κ2) is 4.27. The molecule has 0 radical (unpaired) electrons. The molecule has 0 saturated carbocycles. The van der Waals surface area contributed by atoms with Crippen LogP contribution in [0.4, 0.5) is 0 Å². The molecule has 5 nitrogen and oxygen atoms in total. The Morgan fingerprint density at radius 2 is 2.50 bits per heavy atom. The molecule has 16 heavy (non-hydrogen) atoms. The lowest BCUT2D eigenvalue weighted by molar-refractivity contribution is -0.148. The van der Waals surface area contributed by atoms with Crippen molar-refractivity contribution in [2.45, 2.75) is 31.8 Å². The molecule has 0 amide bonds. The number of carboxylic acid groups (broad SMARTS) is 1. The summed E-state index contributed by atoms with van der Waals surface area (Å²) in [6.45, 7) is 2.96. The quantitative estimate of drug-likeness (QED) is 0.896. The van der Waals surface area contributed by atoms with Gasteiger partial charge in [0, 0.05) is 18.1 Å². The smallest absolute Gasteiger partial charge is 0.323 e. The van der Waals surface area contributed by atoms with E-state index < -0.39 is 11.5 Å². The number of carboxylic acids is 1. The Morgan fingerprint density at radius 3 is 3.06 bits per heavy atom. The highest BCUT2D eigenvalue weighted by atomic mass is 35.5. The highest BCUT2D eigenvalue weighted by Crippen LogP contribution is 2.32. The largest absolute Gasteiger partial charge is 0.480 e. The summed E-state index contributed by atoms with van der Waals surface area (Å²) in [6.07, 6.45) is 1.55. The molecule has 7 heteroatoms. The molecule has 1 aliphatic heterocycles. The molecule has 1 fully saturated rings. The van der Waals surface area contributed by atoms with Gasteiger partial charge in [0.2, 0.25) is 0 Å². The summed E-state index contributed by atoms with van der Waals surface area (Å²) in [5.74, 6) is -0.788. The topological polar surface area (TPSA) is 66.3 Å². The van der Waals surface area contributed by atoms with Gasteiger partial charge in [-0.05, 0) is 26.3 Å². The summed E-state index contributed by atoms with van der Waals surface area (Å²) in [7, 11) is 0. The van der Waals surface area contributed by atoms with Gasteiger partial charge >= 0.3 is 5.97 Å². The first-order valence-corrected chi connectivity index (χ1v) is 6.14. The van der Waals surface area contributed by atoms with E-state index in [1.54, 1.807) is 6.92 Å². The number of likely N-dealkylation sites (tertiary alicyclic amines) is 1. The van der Waals surface area contributed by atoms with Crippen molar-refractivity contribution < 1.29 is 9.90 Å². The summed E-state index contributed by atoms with van der Waals surface area (Å²) >= 11 is 7.04. The Bertz CT molecular complexity index is 411. The number of hydrogen-bond donors (Lipinski definition) is 1. The van der Waals surface area contributed by atoms with E-state index in [4.69, 9.17) is 11.6 Å². The highest BCUT2D eigenvalue weighted by molar-refractivity contribution is 7.10. The van der Waals surface area contributed by atoms with Crippen molar-refractivity contribution >= 4 is 29.1 Å². The summed E-state index contributed by atoms with van der Waals surface area (Å²) in [5, 5.41) is 13.1. The summed E-state index contributed by atoms with van der Waals surface area (Å²) in [6, 6.07) is 0.